The number of carbonyl (C=O) groups excluding carboxylic acids is 1. The van der Waals surface area contributed by atoms with Gasteiger partial charge in [0.25, 0.3) is 11.6 Å². The molecule has 10 nitrogen and oxygen atoms in total. The van der Waals surface area contributed by atoms with E-state index < -0.39 is 22.8 Å². The molecule has 0 bridgehead atoms. The molecular weight excluding hydrogens is 318 g/mol. The maximum absolute atomic E-state index is 12.2. The highest BCUT2D eigenvalue weighted by molar-refractivity contribution is 5.97. The zero-order chi connectivity index (χ0) is 17.7. The lowest BCUT2D eigenvalue weighted by molar-refractivity contribution is -0.384. The second kappa shape index (κ2) is 7.31. The van der Waals surface area contributed by atoms with Crippen LogP contribution in [0.3, 0.4) is 0 Å². The fourth-order valence-corrected chi connectivity index (χ4v) is 2.12. The van der Waals surface area contributed by atoms with Gasteiger partial charge >= 0.3 is 5.97 Å². The van der Waals surface area contributed by atoms with Gasteiger partial charge in [-0.15, -0.1) is 0 Å². The molecule has 24 heavy (non-hydrogen) atoms. The smallest absolute Gasteiger partial charge is 0.326 e. The van der Waals surface area contributed by atoms with Gasteiger partial charge in [0.2, 0.25) is 0 Å². The fraction of sp³-hybridized carbons (Fsp3) is 0.286. The molecule has 0 aliphatic heterocycles. The van der Waals surface area contributed by atoms with Crippen molar-refractivity contribution in [2.45, 2.75) is 25.8 Å². The molecule has 1 amide bonds. The van der Waals surface area contributed by atoms with Crippen LogP contribution < -0.4 is 5.32 Å². The van der Waals surface area contributed by atoms with Crippen molar-refractivity contribution in [3.63, 3.8) is 0 Å². The number of nitro benzene ring substituents is 1. The molecule has 0 saturated heterocycles. The molecule has 0 radical (unpaired) electrons. The number of rotatable bonds is 7. The Hall–Kier alpha value is -3.30. The van der Waals surface area contributed by atoms with Crippen molar-refractivity contribution in [2.24, 2.45) is 0 Å². The number of benzene rings is 1. The number of nitrogens with zero attached hydrogens (tertiary/aromatic N) is 4. The molecule has 1 unspecified atom stereocenters. The van der Waals surface area contributed by atoms with Gasteiger partial charge in [0.15, 0.2) is 0 Å². The number of carbonyl (C=O) groups is 2. The van der Waals surface area contributed by atoms with Crippen molar-refractivity contribution < 1.29 is 19.6 Å². The maximum atomic E-state index is 12.2. The SMILES string of the molecule is CCCC(NC(=O)c1ccc(-n2cncn2)c([N+](=O)[O-])c1)C(=O)O. The van der Waals surface area contributed by atoms with Gasteiger partial charge in [-0.05, 0) is 18.6 Å². The third-order valence-electron chi connectivity index (χ3n) is 3.28. The zero-order valence-corrected chi connectivity index (χ0v) is 12.7. The third kappa shape index (κ3) is 3.72. The largest absolute Gasteiger partial charge is 0.480 e. The zero-order valence-electron chi connectivity index (χ0n) is 12.7. The van der Waals surface area contributed by atoms with Crippen LogP contribution in [0.15, 0.2) is 30.9 Å². The van der Waals surface area contributed by atoms with E-state index in [9.17, 15) is 19.7 Å². The van der Waals surface area contributed by atoms with Crippen LogP contribution in [0, 0.1) is 10.1 Å². The molecule has 2 aromatic rings. The Labute approximate surface area is 136 Å². The van der Waals surface area contributed by atoms with E-state index in [2.05, 4.69) is 15.4 Å². The second-order valence-electron chi connectivity index (χ2n) is 4.95. The molecule has 0 aliphatic rings. The molecule has 1 aromatic heterocycles. The van der Waals surface area contributed by atoms with Crippen LogP contribution in [-0.4, -0.2) is 42.7 Å². The van der Waals surface area contributed by atoms with Crippen LogP contribution in [0.2, 0.25) is 0 Å². The van der Waals surface area contributed by atoms with Crippen LogP contribution in [0.4, 0.5) is 5.69 Å². The Morgan fingerprint density at radius 1 is 1.46 bits per heavy atom. The molecular formula is C14H15N5O5. The van der Waals surface area contributed by atoms with Gasteiger partial charge in [-0.2, -0.15) is 5.10 Å². The molecule has 10 heteroatoms. The van der Waals surface area contributed by atoms with Crippen molar-refractivity contribution in [1.29, 1.82) is 0 Å². The number of nitrogens with one attached hydrogen (secondary N) is 1. The Kier molecular flexibility index (Phi) is 5.20. The van der Waals surface area contributed by atoms with E-state index in [1.807, 2.05) is 0 Å². The highest BCUT2D eigenvalue weighted by atomic mass is 16.6. The van der Waals surface area contributed by atoms with E-state index in [1.54, 1.807) is 6.92 Å². The minimum Gasteiger partial charge on any atom is -0.480 e. The Morgan fingerprint density at radius 3 is 2.75 bits per heavy atom. The number of aromatic nitrogens is 3. The average Bonchev–Trinajstić information content (AvgIpc) is 3.07. The average molecular weight is 333 g/mol. The second-order valence-corrected chi connectivity index (χ2v) is 4.95. The number of carboxylic acid groups (broad SMARTS) is 1. The number of hydrogen-bond acceptors (Lipinski definition) is 6. The topological polar surface area (TPSA) is 140 Å². The van der Waals surface area contributed by atoms with E-state index in [4.69, 9.17) is 5.11 Å². The Bertz CT molecular complexity index is 759. The first-order valence-corrected chi connectivity index (χ1v) is 7.11. The lowest BCUT2D eigenvalue weighted by Gasteiger charge is -2.13. The summed E-state index contributed by atoms with van der Waals surface area (Å²) in [6.45, 7) is 1.79. The molecule has 0 spiro atoms. The summed E-state index contributed by atoms with van der Waals surface area (Å²) in [5.41, 5.74) is -0.194. The number of hydrogen-bond donors (Lipinski definition) is 2. The van der Waals surface area contributed by atoms with Gasteiger partial charge in [-0.1, -0.05) is 13.3 Å². The van der Waals surface area contributed by atoms with Crippen molar-refractivity contribution in [1.82, 2.24) is 20.1 Å². The van der Waals surface area contributed by atoms with Crippen molar-refractivity contribution in [2.75, 3.05) is 0 Å². The van der Waals surface area contributed by atoms with E-state index >= 15 is 0 Å². The van der Waals surface area contributed by atoms with Gasteiger partial charge in [-0.3, -0.25) is 14.9 Å². The predicted molar refractivity (Wildman–Crippen MR) is 81.8 cm³/mol. The molecule has 1 heterocycles. The quantitative estimate of drug-likeness (QED) is 0.572. The third-order valence-corrected chi connectivity index (χ3v) is 3.28. The number of aliphatic carboxylic acids is 1. The van der Waals surface area contributed by atoms with Crippen molar-refractivity contribution in [3.05, 3.63) is 46.5 Å². The van der Waals surface area contributed by atoms with Gasteiger partial charge in [0.1, 0.15) is 24.4 Å². The predicted octanol–water partition coefficient (Wildman–Crippen LogP) is 1.16. The first kappa shape index (κ1) is 17.1. The first-order chi connectivity index (χ1) is 11.4. The van der Waals surface area contributed by atoms with E-state index in [1.165, 1.54) is 29.5 Å². The van der Waals surface area contributed by atoms with Crippen LogP contribution in [-0.2, 0) is 4.79 Å². The molecule has 126 valence electrons. The van der Waals surface area contributed by atoms with Crippen molar-refractivity contribution in [3.8, 4) is 5.69 Å². The fourth-order valence-electron chi connectivity index (χ4n) is 2.12. The Balaban J connectivity index is 2.31. The minimum atomic E-state index is -1.15. The molecule has 2 rings (SSSR count). The normalized spacial score (nSPS) is 11.7. The lowest BCUT2D eigenvalue weighted by Crippen LogP contribution is -2.40. The highest BCUT2D eigenvalue weighted by Crippen LogP contribution is 2.23. The van der Waals surface area contributed by atoms with Gasteiger partial charge in [0.05, 0.1) is 4.92 Å². The summed E-state index contributed by atoms with van der Waals surface area (Å²) in [6.07, 6.45) is 3.36. The highest BCUT2D eigenvalue weighted by Gasteiger charge is 2.23. The molecule has 0 fully saturated rings. The maximum Gasteiger partial charge on any atom is 0.326 e. The summed E-state index contributed by atoms with van der Waals surface area (Å²) in [4.78, 5) is 37.6. The summed E-state index contributed by atoms with van der Waals surface area (Å²) < 4.78 is 1.21. The number of amides is 1. The standard InChI is InChI=1S/C14H15N5O5/c1-2-3-10(14(21)22)17-13(20)9-4-5-11(12(6-9)19(23)24)18-8-15-7-16-18/h4-8,10H,2-3H2,1H3,(H,17,20)(H,21,22). The molecule has 1 aromatic carbocycles. The van der Waals surface area contributed by atoms with Gasteiger partial charge in [0, 0.05) is 11.6 Å². The van der Waals surface area contributed by atoms with Gasteiger partial charge in [-0.25, -0.2) is 14.5 Å². The van der Waals surface area contributed by atoms with Crippen molar-refractivity contribution >= 4 is 17.6 Å². The summed E-state index contributed by atoms with van der Waals surface area (Å²) in [5.74, 6) is -1.84. The lowest BCUT2D eigenvalue weighted by atomic mass is 10.1. The van der Waals surface area contributed by atoms with E-state index in [-0.39, 0.29) is 23.4 Å². The first-order valence-electron chi connectivity index (χ1n) is 7.11. The van der Waals surface area contributed by atoms with Crippen LogP contribution in [0.1, 0.15) is 30.1 Å². The molecule has 0 saturated carbocycles. The monoisotopic (exact) mass is 333 g/mol. The number of nitro groups is 1. The van der Waals surface area contributed by atoms with E-state index in [0.717, 1.165) is 6.07 Å². The molecule has 2 N–H and O–H groups in total. The Morgan fingerprint density at radius 2 is 2.21 bits per heavy atom. The minimum absolute atomic E-state index is 0.00656. The molecule has 1 atom stereocenters. The van der Waals surface area contributed by atoms with Crippen LogP contribution in [0.25, 0.3) is 5.69 Å². The summed E-state index contributed by atoms with van der Waals surface area (Å²) in [5, 5.41) is 26.5. The summed E-state index contributed by atoms with van der Waals surface area (Å²) >= 11 is 0. The van der Waals surface area contributed by atoms with E-state index in [0.29, 0.717) is 6.42 Å². The van der Waals surface area contributed by atoms with Gasteiger partial charge < -0.3 is 10.4 Å². The van der Waals surface area contributed by atoms with Crippen LogP contribution >= 0.6 is 0 Å². The molecule has 0 aliphatic carbocycles. The summed E-state index contributed by atoms with van der Waals surface area (Å²) in [7, 11) is 0. The number of carboxylic acids is 1. The van der Waals surface area contributed by atoms with Crippen LogP contribution in [0.5, 0.6) is 0 Å². The summed E-state index contributed by atoms with van der Waals surface area (Å²) in [6, 6.07) is 2.76.